The Balaban J connectivity index is 2.57. The van der Waals surface area contributed by atoms with Crippen LogP contribution in [0, 0.1) is 20.8 Å². The molecule has 0 unspecified atom stereocenters. The van der Waals surface area contributed by atoms with Crippen molar-refractivity contribution in [3.8, 4) is 5.69 Å². The van der Waals surface area contributed by atoms with Gasteiger partial charge in [-0.25, -0.2) is 9.48 Å². The SMILES string of the molecule is COC(=O)c1cc(-n2nc(C)c(C)c2C)ccc1N. The minimum Gasteiger partial charge on any atom is -0.465 e. The van der Waals surface area contributed by atoms with Crippen LogP contribution in [0.1, 0.15) is 27.3 Å². The van der Waals surface area contributed by atoms with E-state index in [-0.39, 0.29) is 0 Å². The highest BCUT2D eigenvalue weighted by atomic mass is 16.5. The van der Waals surface area contributed by atoms with Crippen molar-refractivity contribution in [3.63, 3.8) is 0 Å². The number of hydrogen-bond donors (Lipinski definition) is 1. The number of esters is 1. The zero-order valence-corrected chi connectivity index (χ0v) is 11.5. The molecule has 1 aromatic heterocycles. The summed E-state index contributed by atoms with van der Waals surface area (Å²) < 4.78 is 6.52. The smallest absolute Gasteiger partial charge is 0.340 e. The molecule has 0 saturated carbocycles. The first-order chi connectivity index (χ1) is 8.95. The highest BCUT2D eigenvalue weighted by Gasteiger charge is 2.14. The van der Waals surface area contributed by atoms with Crippen LogP contribution in [0.25, 0.3) is 5.69 Å². The fourth-order valence-corrected chi connectivity index (χ4v) is 1.93. The highest BCUT2D eigenvalue weighted by Crippen LogP contribution is 2.21. The number of ether oxygens (including phenoxy) is 1. The Morgan fingerprint density at radius 3 is 2.53 bits per heavy atom. The summed E-state index contributed by atoms with van der Waals surface area (Å²) in [5.41, 5.74) is 10.5. The van der Waals surface area contributed by atoms with E-state index in [4.69, 9.17) is 10.5 Å². The van der Waals surface area contributed by atoms with Gasteiger partial charge in [-0.3, -0.25) is 0 Å². The van der Waals surface area contributed by atoms with Gasteiger partial charge >= 0.3 is 5.97 Å². The summed E-state index contributed by atoms with van der Waals surface area (Å²) in [6.45, 7) is 5.97. The molecule has 2 rings (SSSR count). The molecule has 0 aliphatic heterocycles. The van der Waals surface area contributed by atoms with Gasteiger partial charge in [0.1, 0.15) is 0 Å². The summed E-state index contributed by atoms with van der Waals surface area (Å²) in [4.78, 5) is 11.6. The molecular weight excluding hydrogens is 242 g/mol. The monoisotopic (exact) mass is 259 g/mol. The molecule has 2 N–H and O–H groups in total. The van der Waals surface area contributed by atoms with Crippen LogP contribution in [0.15, 0.2) is 18.2 Å². The molecule has 2 aromatic rings. The summed E-state index contributed by atoms with van der Waals surface area (Å²) in [7, 11) is 1.34. The Kier molecular flexibility index (Phi) is 3.29. The zero-order chi connectivity index (χ0) is 14.2. The maximum absolute atomic E-state index is 11.6. The Bertz CT molecular complexity index is 644. The summed E-state index contributed by atoms with van der Waals surface area (Å²) in [5.74, 6) is -0.447. The fourth-order valence-electron chi connectivity index (χ4n) is 1.93. The van der Waals surface area contributed by atoms with Gasteiger partial charge in [-0.15, -0.1) is 0 Å². The van der Waals surface area contributed by atoms with E-state index in [1.54, 1.807) is 16.8 Å². The molecule has 1 heterocycles. The van der Waals surface area contributed by atoms with Gasteiger partial charge in [0.25, 0.3) is 0 Å². The quantitative estimate of drug-likeness (QED) is 0.662. The number of rotatable bonds is 2. The third-order valence-electron chi connectivity index (χ3n) is 3.34. The average molecular weight is 259 g/mol. The standard InChI is InChI=1S/C14H17N3O2/c1-8-9(2)16-17(10(8)3)11-5-6-13(15)12(7-11)14(18)19-4/h5-7H,15H2,1-4H3. The van der Waals surface area contributed by atoms with Crippen LogP contribution in [-0.2, 0) is 4.74 Å². The molecule has 1 aromatic carbocycles. The van der Waals surface area contributed by atoms with Crippen LogP contribution >= 0.6 is 0 Å². The minimum atomic E-state index is -0.447. The van der Waals surface area contributed by atoms with Gasteiger partial charge in [0, 0.05) is 11.4 Å². The van der Waals surface area contributed by atoms with Gasteiger partial charge in [-0.05, 0) is 44.5 Å². The lowest BCUT2D eigenvalue weighted by Crippen LogP contribution is -2.08. The van der Waals surface area contributed by atoms with Gasteiger partial charge in [0.2, 0.25) is 0 Å². The number of nitrogens with zero attached hydrogens (tertiary/aromatic N) is 2. The van der Waals surface area contributed by atoms with Crippen LogP contribution in [0.5, 0.6) is 0 Å². The van der Waals surface area contributed by atoms with Gasteiger partial charge in [0.05, 0.1) is 24.1 Å². The summed E-state index contributed by atoms with van der Waals surface area (Å²) in [6, 6.07) is 5.22. The van der Waals surface area contributed by atoms with E-state index in [9.17, 15) is 4.79 Å². The van der Waals surface area contributed by atoms with Gasteiger partial charge in [-0.1, -0.05) is 0 Å². The third kappa shape index (κ3) is 2.19. The molecule has 0 atom stereocenters. The number of benzene rings is 1. The number of carbonyl (C=O) groups is 1. The van der Waals surface area contributed by atoms with Crippen LogP contribution in [-0.4, -0.2) is 22.9 Å². The molecule has 0 fully saturated rings. The minimum absolute atomic E-state index is 0.352. The van der Waals surface area contributed by atoms with Crippen molar-refractivity contribution in [2.75, 3.05) is 12.8 Å². The normalized spacial score (nSPS) is 10.5. The molecule has 0 amide bonds. The molecule has 0 bridgehead atoms. The molecule has 5 heteroatoms. The predicted octanol–water partition coefficient (Wildman–Crippen LogP) is 2.17. The Morgan fingerprint density at radius 1 is 1.32 bits per heavy atom. The highest BCUT2D eigenvalue weighted by molar-refractivity contribution is 5.95. The molecule has 0 aliphatic rings. The van der Waals surface area contributed by atoms with Crippen LogP contribution in [0.2, 0.25) is 0 Å². The van der Waals surface area contributed by atoms with Gasteiger partial charge in [-0.2, -0.15) is 5.10 Å². The van der Waals surface area contributed by atoms with E-state index >= 15 is 0 Å². The number of methoxy groups -OCH3 is 1. The van der Waals surface area contributed by atoms with E-state index in [0.717, 1.165) is 22.6 Å². The summed E-state index contributed by atoms with van der Waals surface area (Å²) in [6.07, 6.45) is 0. The summed E-state index contributed by atoms with van der Waals surface area (Å²) >= 11 is 0. The lowest BCUT2D eigenvalue weighted by Gasteiger charge is -2.09. The molecule has 19 heavy (non-hydrogen) atoms. The maximum Gasteiger partial charge on any atom is 0.340 e. The predicted molar refractivity (Wildman–Crippen MR) is 73.5 cm³/mol. The van der Waals surface area contributed by atoms with Gasteiger partial charge < -0.3 is 10.5 Å². The average Bonchev–Trinajstić information content (AvgIpc) is 2.66. The molecule has 0 spiro atoms. The molecular formula is C14H17N3O2. The van der Waals surface area contributed by atoms with Crippen molar-refractivity contribution in [1.29, 1.82) is 0 Å². The van der Waals surface area contributed by atoms with Crippen molar-refractivity contribution in [1.82, 2.24) is 9.78 Å². The number of carbonyl (C=O) groups excluding carboxylic acids is 1. The van der Waals surface area contributed by atoms with E-state index < -0.39 is 5.97 Å². The lowest BCUT2D eigenvalue weighted by molar-refractivity contribution is 0.0602. The molecule has 0 aliphatic carbocycles. The topological polar surface area (TPSA) is 70.1 Å². The maximum atomic E-state index is 11.6. The number of aromatic nitrogens is 2. The van der Waals surface area contributed by atoms with Crippen molar-refractivity contribution in [3.05, 3.63) is 40.7 Å². The Morgan fingerprint density at radius 2 is 2.00 bits per heavy atom. The Labute approximate surface area is 112 Å². The van der Waals surface area contributed by atoms with Gasteiger partial charge in [0.15, 0.2) is 0 Å². The van der Waals surface area contributed by atoms with E-state index in [1.165, 1.54) is 7.11 Å². The van der Waals surface area contributed by atoms with Crippen molar-refractivity contribution < 1.29 is 9.53 Å². The first-order valence-electron chi connectivity index (χ1n) is 5.96. The number of nitrogens with two attached hydrogens (primary N) is 1. The molecule has 0 saturated heterocycles. The largest absolute Gasteiger partial charge is 0.465 e. The lowest BCUT2D eigenvalue weighted by atomic mass is 10.1. The number of anilines is 1. The third-order valence-corrected chi connectivity index (χ3v) is 3.34. The second-order valence-electron chi connectivity index (χ2n) is 4.47. The molecule has 100 valence electrons. The van der Waals surface area contributed by atoms with E-state index in [1.807, 2.05) is 26.8 Å². The number of aryl methyl sites for hydroxylation is 1. The van der Waals surface area contributed by atoms with Crippen molar-refractivity contribution >= 4 is 11.7 Å². The Hall–Kier alpha value is -2.30. The second kappa shape index (κ2) is 4.76. The zero-order valence-electron chi connectivity index (χ0n) is 11.5. The first-order valence-corrected chi connectivity index (χ1v) is 5.96. The van der Waals surface area contributed by atoms with Crippen molar-refractivity contribution in [2.24, 2.45) is 0 Å². The second-order valence-corrected chi connectivity index (χ2v) is 4.47. The van der Waals surface area contributed by atoms with Crippen LogP contribution in [0.3, 0.4) is 0 Å². The molecule has 0 radical (unpaired) electrons. The number of nitrogen functional groups attached to an aromatic ring is 1. The molecule has 5 nitrogen and oxygen atoms in total. The first kappa shape index (κ1) is 13.1. The van der Waals surface area contributed by atoms with Crippen LogP contribution in [0.4, 0.5) is 5.69 Å². The summed E-state index contributed by atoms with van der Waals surface area (Å²) in [5, 5.41) is 4.46. The van der Waals surface area contributed by atoms with Crippen molar-refractivity contribution in [2.45, 2.75) is 20.8 Å². The van der Waals surface area contributed by atoms with Crippen LogP contribution < -0.4 is 5.73 Å². The van der Waals surface area contributed by atoms with E-state index in [2.05, 4.69) is 5.10 Å². The number of hydrogen-bond acceptors (Lipinski definition) is 4. The fraction of sp³-hybridized carbons (Fsp3) is 0.286. The van der Waals surface area contributed by atoms with E-state index in [0.29, 0.717) is 11.3 Å².